The van der Waals surface area contributed by atoms with Crippen LogP contribution >= 0.6 is 15.9 Å². The van der Waals surface area contributed by atoms with E-state index in [1.807, 2.05) is 0 Å². The zero-order valence-corrected chi connectivity index (χ0v) is 12.1. The van der Waals surface area contributed by atoms with E-state index in [0.29, 0.717) is 10.2 Å². The van der Waals surface area contributed by atoms with Crippen molar-refractivity contribution in [2.45, 2.75) is 0 Å². The van der Waals surface area contributed by atoms with Gasteiger partial charge < -0.3 is 9.15 Å². The van der Waals surface area contributed by atoms with Gasteiger partial charge in [-0.05, 0) is 46.3 Å². The molecule has 0 fully saturated rings. The molecule has 0 atom stereocenters. The second-order valence-electron chi connectivity index (χ2n) is 3.84. The number of benzene rings is 1. The summed E-state index contributed by atoms with van der Waals surface area (Å²) in [7, 11) is 0. The second-order valence-corrected chi connectivity index (χ2v) is 4.70. The fourth-order valence-electron chi connectivity index (χ4n) is 1.37. The maximum Gasteiger partial charge on any atom is 0.305 e. The van der Waals surface area contributed by atoms with Crippen LogP contribution in [0.25, 0.3) is 0 Å². The van der Waals surface area contributed by atoms with Gasteiger partial charge in [-0.2, -0.15) is 0 Å². The minimum absolute atomic E-state index is 0.0671. The number of hydrogen-bond acceptors (Lipinski definition) is 4. The molecule has 8 heteroatoms. The summed E-state index contributed by atoms with van der Waals surface area (Å²) in [6.07, 6.45) is 1.34. The molecule has 110 valence electrons. The third kappa shape index (κ3) is 4.32. The maximum absolute atomic E-state index is 12.9. The summed E-state index contributed by atoms with van der Waals surface area (Å²) in [6.45, 7) is -0.345. The summed E-state index contributed by atoms with van der Waals surface area (Å²) < 4.78 is 23.3. The Morgan fingerprint density at radius 1 is 1.29 bits per heavy atom. The molecular weight excluding hydrogens is 347 g/mol. The summed E-state index contributed by atoms with van der Waals surface area (Å²) in [5.74, 6) is -1.21. The van der Waals surface area contributed by atoms with Gasteiger partial charge in [-0.3, -0.25) is 20.4 Å². The van der Waals surface area contributed by atoms with E-state index in [4.69, 9.17) is 9.15 Å². The Morgan fingerprint density at radius 2 is 2.10 bits per heavy atom. The van der Waals surface area contributed by atoms with Crippen molar-refractivity contribution in [3.8, 4) is 5.75 Å². The first-order valence-corrected chi connectivity index (χ1v) is 6.56. The zero-order chi connectivity index (χ0) is 15.2. The van der Waals surface area contributed by atoms with Gasteiger partial charge in [0, 0.05) is 0 Å². The van der Waals surface area contributed by atoms with Gasteiger partial charge in [0.05, 0.1) is 10.7 Å². The number of carbonyl (C=O) groups is 2. The Morgan fingerprint density at radius 3 is 2.76 bits per heavy atom. The zero-order valence-electron chi connectivity index (χ0n) is 10.6. The number of ether oxygens (including phenoxy) is 1. The highest BCUT2D eigenvalue weighted by atomic mass is 79.9. The molecule has 0 saturated carbocycles. The standard InChI is InChI=1S/C13H10BrFN2O4/c14-9-6-8(15)3-4-10(9)21-7-12(18)16-17-13(19)11-2-1-5-20-11/h1-6H,7H2,(H,16,18)(H,17,19). The van der Waals surface area contributed by atoms with Crippen LogP contribution < -0.4 is 15.6 Å². The Hall–Kier alpha value is -2.35. The maximum atomic E-state index is 12.9. The summed E-state index contributed by atoms with van der Waals surface area (Å²) in [6, 6.07) is 6.80. The van der Waals surface area contributed by atoms with Gasteiger partial charge in [0.1, 0.15) is 11.6 Å². The first-order chi connectivity index (χ1) is 10.1. The number of halogens is 2. The van der Waals surface area contributed by atoms with E-state index in [2.05, 4.69) is 26.8 Å². The highest BCUT2D eigenvalue weighted by Gasteiger charge is 2.10. The van der Waals surface area contributed by atoms with E-state index in [-0.39, 0.29) is 12.4 Å². The van der Waals surface area contributed by atoms with Gasteiger partial charge in [0.15, 0.2) is 12.4 Å². The lowest BCUT2D eigenvalue weighted by atomic mass is 10.3. The summed E-state index contributed by atoms with van der Waals surface area (Å²) in [5.41, 5.74) is 4.32. The highest BCUT2D eigenvalue weighted by molar-refractivity contribution is 9.10. The lowest BCUT2D eigenvalue weighted by Crippen LogP contribution is -2.43. The molecule has 0 bridgehead atoms. The summed E-state index contributed by atoms with van der Waals surface area (Å²) in [4.78, 5) is 23.0. The predicted octanol–water partition coefficient (Wildman–Crippen LogP) is 2.02. The monoisotopic (exact) mass is 356 g/mol. The van der Waals surface area contributed by atoms with Crippen LogP contribution in [0.15, 0.2) is 45.5 Å². The minimum atomic E-state index is -0.587. The van der Waals surface area contributed by atoms with Crippen LogP contribution in [0.4, 0.5) is 4.39 Å². The third-order valence-corrected chi connectivity index (χ3v) is 2.93. The van der Waals surface area contributed by atoms with Crippen molar-refractivity contribution < 1.29 is 23.1 Å². The third-order valence-electron chi connectivity index (χ3n) is 2.31. The Kier molecular flexibility index (Phi) is 4.94. The van der Waals surface area contributed by atoms with Gasteiger partial charge >= 0.3 is 5.91 Å². The van der Waals surface area contributed by atoms with Crippen LogP contribution in [0.3, 0.4) is 0 Å². The Balaban J connectivity index is 1.78. The van der Waals surface area contributed by atoms with Crippen molar-refractivity contribution in [3.63, 3.8) is 0 Å². The van der Waals surface area contributed by atoms with E-state index in [1.165, 1.54) is 30.5 Å². The smallest absolute Gasteiger partial charge is 0.305 e. The summed E-state index contributed by atoms with van der Waals surface area (Å²) >= 11 is 3.11. The SMILES string of the molecule is O=C(COc1ccc(F)cc1Br)NNC(=O)c1ccco1. The predicted molar refractivity (Wildman–Crippen MR) is 73.9 cm³/mol. The van der Waals surface area contributed by atoms with Crippen LogP contribution in [0.1, 0.15) is 10.6 Å². The first kappa shape index (κ1) is 15.0. The molecule has 6 nitrogen and oxygen atoms in total. The molecular formula is C13H10BrFN2O4. The van der Waals surface area contributed by atoms with Crippen molar-refractivity contribution in [1.82, 2.24) is 10.9 Å². The first-order valence-electron chi connectivity index (χ1n) is 5.77. The van der Waals surface area contributed by atoms with Crippen LogP contribution in [-0.2, 0) is 4.79 Å². The van der Waals surface area contributed by atoms with Gasteiger partial charge in [0.25, 0.3) is 5.91 Å². The average molecular weight is 357 g/mol. The lowest BCUT2D eigenvalue weighted by molar-refractivity contribution is -0.123. The van der Waals surface area contributed by atoms with Crippen LogP contribution in [0, 0.1) is 5.82 Å². The second kappa shape index (κ2) is 6.89. The molecule has 0 unspecified atom stereocenters. The quantitative estimate of drug-likeness (QED) is 0.821. The number of carbonyl (C=O) groups excluding carboxylic acids is 2. The molecule has 1 heterocycles. The molecule has 0 saturated heterocycles. The number of furan rings is 1. The van der Waals surface area contributed by atoms with Crippen molar-refractivity contribution in [3.05, 3.63) is 52.6 Å². The van der Waals surface area contributed by atoms with Crippen LogP contribution in [0.2, 0.25) is 0 Å². The molecule has 21 heavy (non-hydrogen) atoms. The van der Waals surface area contributed by atoms with Crippen molar-refractivity contribution >= 4 is 27.7 Å². The number of amides is 2. The fraction of sp³-hybridized carbons (Fsp3) is 0.0769. The van der Waals surface area contributed by atoms with E-state index in [1.54, 1.807) is 6.07 Å². The van der Waals surface area contributed by atoms with Crippen LogP contribution in [0.5, 0.6) is 5.75 Å². The minimum Gasteiger partial charge on any atom is -0.483 e. The average Bonchev–Trinajstić information content (AvgIpc) is 2.98. The van der Waals surface area contributed by atoms with Gasteiger partial charge in [-0.15, -0.1) is 0 Å². The molecule has 2 amide bonds. The molecule has 0 radical (unpaired) electrons. The molecule has 0 spiro atoms. The number of rotatable bonds is 4. The summed E-state index contributed by atoms with van der Waals surface area (Å²) in [5, 5.41) is 0. The molecule has 2 rings (SSSR count). The number of nitrogens with one attached hydrogen (secondary N) is 2. The molecule has 2 aromatic rings. The molecule has 0 aliphatic heterocycles. The van der Waals surface area contributed by atoms with Crippen molar-refractivity contribution in [2.24, 2.45) is 0 Å². The molecule has 2 N–H and O–H groups in total. The normalized spacial score (nSPS) is 10.0. The van der Waals surface area contributed by atoms with E-state index in [9.17, 15) is 14.0 Å². The number of hydrazine groups is 1. The largest absolute Gasteiger partial charge is 0.483 e. The molecule has 0 aliphatic rings. The van der Waals surface area contributed by atoms with Crippen molar-refractivity contribution in [2.75, 3.05) is 6.61 Å². The van der Waals surface area contributed by atoms with Gasteiger partial charge in [-0.25, -0.2) is 4.39 Å². The molecule has 1 aromatic carbocycles. The topological polar surface area (TPSA) is 80.6 Å². The highest BCUT2D eigenvalue weighted by Crippen LogP contribution is 2.25. The van der Waals surface area contributed by atoms with E-state index >= 15 is 0 Å². The Bertz CT molecular complexity index is 646. The van der Waals surface area contributed by atoms with Gasteiger partial charge in [-0.1, -0.05) is 0 Å². The van der Waals surface area contributed by atoms with Gasteiger partial charge in [0.2, 0.25) is 0 Å². The van der Waals surface area contributed by atoms with E-state index < -0.39 is 17.6 Å². The Labute approximate surface area is 127 Å². The molecule has 0 aliphatic carbocycles. The number of hydrogen-bond donors (Lipinski definition) is 2. The lowest BCUT2D eigenvalue weighted by Gasteiger charge is -2.09. The van der Waals surface area contributed by atoms with Crippen molar-refractivity contribution in [1.29, 1.82) is 0 Å². The van der Waals surface area contributed by atoms with Crippen LogP contribution in [-0.4, -0.2) is 18.4 Å². The van der Waals surface area contributed by atoms with E-state index in [0.717, 1.165) is 0 Å². The fourth-order valence-corrected chi connectivity index (χ4v) is 1.83. The molecule has 1 aromatic heterocycles.